The zero-order chi connectivity index (χ0) is 15.0. The summed E-state index contributed by atoms with van der Waals surface area (Å²) in [5, 5.41) is 14.3. The van der Waals surface area contributed by atoms with Gasteiger partial charge in [0.1, 0.15) is 0 Å². The highest BCUT2D eigenvalue weighted by molar-refractivity contribution is 5.55. The Balaban J connectivity index is 2.20. The van der Waals surface area contributed by atoms with Gasteiger partial charge < -0.3 is 15.2 Å². The van der Waals surface area contributed by atoms with Crippen LogP contribution in [0.15, 0.2) is 12.1 Å². The second-order valence-corrected chi connectivity index (χ2v) is 6.61. The smallest absolute Gasteiger partial charge is 0.161 e. The molecule has 2 aliphatic rings. The predicted molar refractivity (Wildman–Crippen MR) is 85.1 cm³/mol. The van der Waals surface area contributed by atoms with Crippen molar-refractivity contribution in [1.29, 1.82) is 0 Å². The monoisotopic (exact) mass is 289 g/mol. The lowest BCUT2D eigenvalue weighted by atomic mass is 9.54. The summed E-state index contributed by atoms with van der Waals surface area (Å²) in [4.78, 5) is 0. The SMILES string of the molecule is CC[C@@]12CCCC[C@@H]1[C@H](NC)Cc1ccc(OC)c(O)c12. The Morgan fingerprint density at radius 1 is 1.38 bits per heavy atom. The molecule has 3 atom stereocenters. The number of benzene rings is 1. The second kappa shape index (κ2) is 5.53. The van der Waals surface area contributed by atoms with Crippen LogP contribution in [0.25, 0.3) is 0 Å². The van der Waals surface area contributed by atoms with Gasteiger partial charge in [-0.3, -0.25) is 0 Å². The molecule has 3 rings (SSSR count). The van der Waals surface area contributed by atoms with Crippen molar-refractivity contribution in [3.8, 4) is 11.5 Å². The number of likely N-dealkylation sites (N-methyl/N-ethyl adjacent to an activating group) is 1. The summed E-state index contributed by atoms with van der Waals surface area (Å²) < 4.78 is 5.37. The number of hydrogen-bond acceptors (Lipinski definition) is 3. The molecule has 0 saturated heterocycles. The third-order valence-corrected chi connectivity index (χ3v) is 5.97. The lowest BCUT2D eigenvalue weighted by Crippen LogP contribution is -2.53. The fourth-order valence-corrected chi connectivity index (χ4v) is 4.97. The highest BCUT2D eigenvalue weighted by Crippen LogP contribution is 2.56. The molecule has 0 heterocycles. The van der Waals surface area contributed by atoms with Crippen molar-refractivity contribution in [2.75, 3.05) is 14.2 Å². The minimum atomic E-state index is 0.109. The Morgan fingerprint density at radius 3 is 2.86 bits per heavy atom. The number of hydrogen-bond donors (Lipinski definition) is 2. The van der Waals surface area contributed by atoms with Crippen LogP contribution >= 0.6 is 0 Å². The van der Waals surface area contributed by atoms with Gasteiger partial charge in [-0.2, -0.15) is 0 Å². The summed E-state index contributed by atoms with van der Waals surface area (Å²) in [6, 6.07) is 4.58. The van der Waals surface area contributed by atoms with Crippen LogP contribution in [-0.2, 0) is 11.8 Å². The van der Waals surface area contributed by atoms with Gasteiger partial charge in [0.15, 0.2) is 11.5 Å². The Kier molecular flexibility index (Phi) is 3.87. The number of phenolic OH excluding ortho intramolecular Hbond substituents is 1. The molecule has 0 spiro atoms. The van der Waals surface area contributed by atoms with Gasteiger partial charge in [-0.05, 0) is 50.3 Å². The highest BCUT2D eigenvalue weighted by Gasteiger charge is 2.49. The first-order valence-electron chi connectivity index (χ1n) is 8.24. The van der Waals surface area contributed by atoms with E-state index in [1.165, 1.54) is 36.8 Å². The molecular formula is C18H27NO2. The lowest BCUT2D eigenvalue weighted by molar-refractivity contribution is 0.117. The number of rotatable bonds is 3. The van der Waals surface area contributed by atoms with E-state index < -0.39 is 0 Å². The maximum atomic E-state index is 10.8. The molecule has 0 aliphatic heterocycles. The third-order valence-electron chi connectivity index (χ3n) is 5.97. The molecule has 0 amide bonds. The van der Waals surface area contributed by atoms with Crippen LogP contribution in [0.5, 0.6) is 11.5 Å². The van der Waals surface area contributed by atoms with E-state index in [0.29, 0.717) is 23.5 Å². The van der Waals surface area contributed by atoms with Crippen molar-refractivity contribution in [1.82, 2.24) is 5.32 Å². The Hall–Kier alpha value is -1.22. The average Bonchev–Trinajstić information content (AvgIpc) is 2.53. The Bertz CT molecular complexity index is 528. The van der Waals surface area contributed by atoms with Crippen LogP contribution in [0.4, 0.5) is 0 Å². The van der Waals surface area contributed by atoms with Crippen molar-refractivity contribution in [2.45, 2.75) is 56.9 Å². The van der Waals surface area contributed by atoms with Crippen LogP contribution in [-0.4, -0.2) is 25.3 Å². The number of nitrogens with one attached hydrogen (secondary N) is 1. The Labute approximate surface area is 127 Å². The minimum absolute atomic E-state index is 0.109. The van der Waals surface area contributed by atoms with Gasteiger partial charge in [-0.1, -0.05) is 25.8 Å². The fourth-order valence-electron chi connectivity index (χ4n) is 4.97. The summed E-state index contributed by atoms with van der Waals surface area (Å²) in [5.41, 5.74) is 2.59. The summed E-state index contributed by atoms with van der Waals surface area (Å²) in [6.07, 6.45) is 7.11. The maximum Gasteiger partial charge on any atom is 0.161 e. The van der Waals surface area contributed by atoms with Gasteiger partial charge in [0.05, 0.1) is 7.11 Å². The molecule has 116 valence electrons. The van der Waals surface area contributed by atoms with Crippen LogP contribution in [0.1, 0.15) is 50.2 Å². The average molecular weight is 289 g/mol. The fraction of sp³-hybridized carbons (Fsp3) is 0.667. The molecule has 3 nitrogen and oxygen atoms in total. The van der Waals surface area contributed by atoms with E-state index in [1.54, 1.807) is 7.11 Å². The molecule has 0 unspecified atom stereocenters. The molecular weight excluding hydrogens is 262 g/mol. The van der Waals surface area contributed by atoms with Gasteiger partial charge >= 0.3 is 0 Å². The number of aromatic hydroxyl groups is 1. The van der Waals surface area contributed by atoms with Crippen LogP contribution in [0.2, 0.25) is 0 Å². The molecule has 0 radical (unpaired) electrons. The van der Waals surface area contributed by atoms with Crippen LogP contribution in [0.3, 0.4) is 0 Å². The third kappa shape index (κ3) is 2.05. The Morgan fingerprint density at radius 2 is 2.19 bits per heavy atom. The topological polar surface area (TPSA) is 41.5 Å². The molecule has 0 aromatic heterocycles. The molecule has 1 aromatic carbocycles. The summed E-state index contributed by atoms with van der Waals surface area (Å²) in [6.45, 7) is 2.28. The zero-order valence-electron chi connectivity index (χ0n) is 13.4. The molecule has 3 heteroatoms. The van der Waals surface area contributed by atoms with Gasteiger partial charge in [0, 0.05) is 17.0 Å². The van der Waals surface area contributed by atoms with Gasteiger partial charge in [-0.25, -0.2) is 0 Å². The van der Waals surface area contributed by atoms with Crippen LogP contribution in [0, 0.1) is 5.92 Å². The molecule has 0 bridgehead atoms. The normalized spacial score (nSPS) is 31.4. The molecule has 21 heavy (non-hydrogen) atoms. The maximum absolute atomic E-state index is 10.8. The quantitative estimate of drug-likeness (QED) is 0.896. The molecule has 1 fully saturated rings. The number of ether oxygens (including phenoxy) is 1. The van der Waals surface area contributed by atoms with E-state index in [9.17, 15) is 5.11 Å². The van der Waals surface area contributed by atoms with Gasteiger partial charge in [0.2, 0.25) is 0 Å². The largest absolute Gasteiger partial charge is 0.504 e. The van der Waals surface area contributed by atoms with E-state index in [-0.39, 0.29) is 5.41 Å². The molecule has 1 saturated carbocycles. The number of phenols is 1. The molecule has 2 aliphatic carbocycles. The first-order chi connectivity index (χ1) is 10.2. The summed E-state index contributed by atoms with van der Waals surface area (Å²) >= 11 is 0. The highest BCUT2D eigenvalue weighted by atomic mass is 16.5. The first-order valence-corrected chi connectivity index (χ1v) is 8.24. The number of methoxy groups -OCH3 is 1. The van der Waals surface area contributed by atoms with Crippen molar-refractivity contribution >= 4 is 0 Å². The van der Waals surface area contributed by atoms with Gasteiger partial charge in [-0.15, -0.1) is 0 Å². The minimum Gasteiger partial charge on any atom is -0.504 e. The van der Waals surface area contributed by atoms with Crippen molar-refractivity contribution in [3.05, 3.63) is 23.3 Å². The second-order valence-electron chi connectivity index (χ2n) is 6.61. The van der Waals surface area contributed by atoms with E-state index in [1.807, 2.05) is 6.07 Å². The van der Waals surface area contributed by atoms with Crippen molar-refractivity contribution in [3.63, 3.8) is 0 Å². The van der Waals surface area contributed by atoms with Crippen LogP contribution < -0.4 is 10.1 Å². The standard InChI is InChI=1S/C18H27NO2/c1-4-18-10-6-5-7-13(18)14(19-2)11-12-8-9-15(21-3)17(20)16(12)18/h8-9,13-14,19-20H,4-7,10-11H2,1-3H3/t13-,14-,18-/m1/s1. The first kappa shape index (κ1) is 14.7. The zero-order valence-corrected chi connectivity index (χ0v) is 13.4. The summed E-state index contributed by atoms with van der Waals surface area (Å²) in [7, 11) is 3.71. The van der Waals surface area contributed by atoms with Gasteiger partial charge in [0.25, 0.3) is 0 Å². The lowest BCUT2D eigenvalue weighted by Gasteiger charge is -2.52. The van der Waals surface area contributed by atoms with E-state index in [4.69, 9.17) is 4.74 Å². The van der Waals surface area contributed by atoms with Crippen molar-refractivity contribution in [2.24, 2.45) is 5.92 Å². The van der Waals surface area contributed by atoms with Crippen molar-refractivity contribution < 1.29 is 9.84 Å². The summed E-state index contributed by atoms with van der Waals surface area (Å²) in [5.74, 6) is 1.62. The molecule has 2 N–H and O–H groups in total. The predicted octanol–water partition coefficient (Wildman–Crippen LogP) is 3.38. The van der Waals surface area contributed by atoms with E-state index in [2.05, 4.69) is 25.4 Å². The number of fused-ring (bicyclic) bond motifs is 3. The van der Waals surface area contributed by atoms with E-state index in [0.717, 1.165) is 12.8 Å². The molecule has 1 aromatic rings. The van der Waals surface area contributed by atoms with E-state index >= 15 is 0 Å².